The molecule has 4 heteroatoms. The number of halogens is 2. The number of hydrogen-bond acceptors (Lipinski definition) is 2. The molecule has 22 heavy (non-hydrogen) atoms. The second-order valence-corrected chi connectivity index (χ2v) is 6.10. The van der Waals surface area contributed by atoms with Gasteiger partial charge >= 0.3 is 0 Å². The van der Waals surface area contributed by atoms with Gasteiger partial charge in [-0.3, -0.25) is 0 Å². The fourth-order valence-electron chi connectivity index (χ4n) is 3.14. The predicted octanol–water partition coefficient (Wildman–Crippen LogP) is 3.59. The van der Waals surface area contributed by atoms with Crippen molar-refractivity contribution in [2.75, 3.05) is 18.0 Å². The molecule has 2 N–H and O–H groups in total. The third kappa shape index (κ3) is 3.12. The van der Waals surface area contributed by atoms with E-state index in [0.29, 0.717) is 18.8 Å². The van der Waals surface area contributed by atoms with Crippen molar-refractivity contribution in [1.82, 2.24) is 0 Å². The monoisotopic (exact) mass is 302 g/mol. The Labute approximate surface area is 129 Å². The van der Waals surface area contributed by atoms with Crippen LogP contribution in [0, 0.1) is 18.6 Å². The molecule has 0 amide bonds. The van der Waals surface area contributed by atoms with Gasteiger partial charge in [-0.05, 0) is 31.0 Å². The van der Waals surface area contributed by atoms with Crippen molar-refractivity contribution in [3.05, 3.63) is 65.2 Å². The van der Waals surface area contributed by atoms with Crippen LogP contribution in [-0.2, 0) is 0 Å². The smallest absolute Gasteiger partial charge is 0.146 e. The summed E-state index contributed by atoms with van der Waals surface area (Å²) in [5.41, 5.74) is 8.85. The van der Waals surface area contributed by atoms with Gasteiger partial charge in [0.15, 0.2) is 0 Å². The first-order valence-electron chi connectivity index (χ1n) is 7.55. The zero-order valence-corrected chi connectivity index (χ0v) is 12.6. The maximum Gasteiger partial charge on any atom is 0.146 e. The molecule has 116 valence electrons. The van der Waals surface area contributed by atoms with Crippen molar-refractivity contribution in [3.8, 4) is 0 Å². The molecule has 2 aromatic carbocycles. The summed E-state index contributed by atoms with van der Waals surface area (Å²) >= 11 is 0. The minimum absolute atomic E-state index is 0.0530. The summed E-state index contributed by atoms with van der Waals surface area (Å²) in [4.78, 5) is 1.86. The first-order chi connectivity index (χ1) is 10.5. The van der Waals surface area contributed by atoms with Gasteiger partial charge in [0.1, 0.15) is 11.6 Å². The van der Waals surface area contributed by atoms with Gasteiger partial charge in [0.2, 0.25) is 0 Å². The topological polar surface area (TPSA) is 29.3 Å². The molecule has 0 bridgehead atoms. The maximum absolute atomic E-state index is 14.0. The highest BCUT2D eigenvalue weighted by Gasteiger charge is 2.27. The normalized spacial score (nSPS) is 21.9. The van der Waals surface area contributed by atoms with Crippen molar-refractivity contribution in [2.45, 2.75) is 25.3 Å². The summed E-state index contributed by atoms with van der Waals surface area (Å²) in [5.74, 6) is -0.604. The molecule has 0 spiro atoms. The molecule has 0 radical (unpaired) electrons. The highest BCUT2D eigenvalue weighted by atomic mass is 19.1. The summed E-state index contributed by atoms with van der Waals surface area (Å²) in [6, 6.07) is 11.8. The summed E-state index contributed by atoms with van der Waals surface area (Å²) in [6.45, 7) is 3.24. The average Bonchev–Trinajstić information content (AvgIpc) is 2.50. The van der Waals surface area contributed by atoms with E-state index in [1.807, 2.05) is 11.8 Å². The Balaban J connectivity index is 1.87. The van der Waals surface area contributed by atoms with Gasteiger partial charge in [-0.25, -0.2) is 8.78 Å². The minimum atomic E-state index is -0.428. The van der Waals surface area contributed by atoms with E-state index in [2.05, 4.69) is 24.3 Å². The first-order valence-corrected chi connectivity index (χ1v) is 7.55. The van der Waals surface area contributed by atoms with Gasteiger partial charge in [0, 0.05) is 31.1 Å². The minimum Gasteiger partial charge on any atom is -0.367 e. The number of aryl methyl sites for hydroxylation is 1. The van der Waals surface area contributed by atoms with E-state index in [9.17, 15) is 8.78 Å². The van der Waals surface area contributed by atoms with E-state index in [1.54, 1.807) is 0 Å². The molecule has 1 fully saturated rings. The largest absolute Gasteiger partial charge is 0.367 e. The summed E-state index contributed by atoms with van der Waals surface area (Å²) in [5, 5.41) is 0. The molecule has 0 saturated carbocycles. The zero-order valence-electron chi connectivity index (χ0n) is 12.6. The lowest BCUT2D eigenvalue weighted by molar-refractivity contribution is 0.448. The molecule has 0 aromatic heterocycles. The van der Waals surface area contributed by atoms with E-state index >= 15 is 0 Å². The lowest BCUT2D eigenvalue weighted by atomic mass is 9.87. The zero-order chi connectivity index (χ0) is 15.7. The second-order valence-electron chi connectivity index (χ2n) is 6.10. The molecule has 1 aliphatic heterocycles. The summed E-state index contributed by atoms with van der Waals surface area (Å²) in [6.07, 6.45) is 0.858. The summed E-state index contributed by atoms with van der Waals surface area (Å²) < 4.78 is 27.5. The standard InChI is InChI=1S/C18H20F2N2/c1-12-2-4-13(5-3-12)14-8-16(21)11-22(10-14)18-9-15(19)6-7-17(18)20/h2-7,9,14,16H,8,10-11,21H2,1H3. The fourth-order valence-corrected chi connectivity index (χ4v) is 3.14. The van der Waals surface area contributed by atoms with Crippen LogP contribution in [0.4, 0.5) is 14.5 Å². The molecule has 2 unspecified atom stereocenters. The Hall–Kier alpha value is -1.94. The third-order valence-corrected chi connectivity index (χ3v) is 4.28. The van der Waals surface area contributed by atoms with Crippen LogP contribution in [0.2, 0.25) is 0 Å². The van der Waals surface area contributed by atoms with Crippen LogP contribution in [0.1, 0.15) is 23.5 Å². The van der Waals surface area contributed by atoms with E-state index in [-0.39, 0.29) is 12.0 Å². The van der Waals surface area contributed by atoms with Crippen molar-refractivity contribution in [3.63, 3.8) is 0 Å². The van der Waals surface area contributed by atoms with Gasteiger partial charge in [-0.1, -0.05) is 29.8 Å². The summed E-state index contributed by atoms with van der Waals surface area (Å²) in [7, 11) is 0. The van der Waals surface area contributed by atoms with Crippen molar-refractivity contribution >= 4 is 5.69 Å². The number of benzene rings is 2. The molecule has 3 rings (SSSR count). The van der Waals surface area contributed by atoms with E-state index in [0.717, 1.165) is 12.5 Å². The second kappa shape index (κ2) is 6.05. The van der Waals surface area contributed by atoms with Crippen LogP contribution in [-0.4, -0.2) is 19.1 Å². The van der Waals surface area contributed by atoms with Gasteiger partial charge in [0.05, 0.1) is 5.69 Å². The molecule has 0 aliphatic carbocycles. The fraction of sp³-hybridized carbons (Fsp3) is 0.333. The van der Waals surface area contributed by atoms with Crippen molar-refractivity contribution < 1.29 is 8.78 Å². The number of hydrogen-bond donors (Lipinski definition) is 1. The number of piperidine rings is 1. The van der Waals surface area contributed by atoms with E-state index < -0.39 is 11.6 Å². The van der Waals surface area contributed by atoms with Crippen molar-refractivity contribution in [1.29, 1.82) is 0 Å². The Morgan fingerprint density at radius 2 is 1.77 bits per heavy atom. The van der Waals surface area contributed by atoms with Crippen LogP contribution in [0.5, 0.6) is 0 Å². The molecule has 1 saturated heterocycles. The molecule has 1 heterocycles. The molecule has 2 nitrogen and oxygen atoms in total. The van der Waals surface area contributed by atoms with Crippen LogP contribution in [0.15, 0.2) is 42.5 Å². The molecule has 2 atom stereocenters. The van der Waals surface area contributed by atoms with Crippen LogP contribution < -0.4 is 10.6 Å². The maximum atomic E-state index is 14.0. The van der Waals surface area contributed by atoms with Gasteiger partial charge in [-0.15, -0.1) is 0 Å². The number of nitrogens with zero attached hydrogens (tertiary/aromatic N) is 1. The number of anilines is 1. The SMILES string of the molecule is Cc1ccc(C2CC(N)CN(c3cc(F)ccc3F)C2)cc1. The van der Waals surface area contributed by atoms with E-state index in [4.69, 9.17) is 5.73 Å². The number of rotatable bonds is 2. The lowest BCUT2D eigenvalue weighted by Crippen LogP contribution is -2.46. The van der Waals surface area contributed by atoms with Crippen LogP contribution in [0.25, 0.3) is 0 Å². The van der Waals surface area contributed by atoms with Crippen molar-refractivity contribution in [2.24, 2.45) is 5.73 Å². The van der Waals surface area contributed by atoms with Gasteiger partial charge in [0.25, 0.3) is 0 Å². The van der Waals surface area contributed by atoms with E-state index in [1.165, 1.54) is 23.3 Å². The molecule has 2 aromatic rings. The number of nitrogens with two attached hydrogens (primary N) is 1. The predicted molar refractivity (Wildman–Crippen MR) is 85.1 cm³/mol. The van der Waals surface area contributed by atoms with Gasteiger partial charge in [-0.2, -0.15) is 0 Å². The molecular formula is C18H20F2N2. The Kier molecular flexibility index (Phi) is 4.12. The highest BCUT2D eigenvalue weighted by molar-refractivity contribution is 5.49. The third-order valence-electron chi connectivity index (χ3n) is 4.28. The quantitative estimate of drug-likeness (QED) is 0.918. The average molecular weight is 302 g/mol. The molecule has 1 aliphatic rings. The first kappa shape index (κ1) is 15.0. The highest BCUT2D eigenvalue weighted by Crippen LogP contribution is 2.31. The Morgan fingerprint density at radius 3 is 2.50 bits per heavy atom. The Bertz CT molecular complexity index is 655. The molecular weight excluding hydrogens is 282 g/mol. The van der Waals surface area contributed by atoms with Gasteiger partial charge < -0.3 is 10.6 Å². The van der Waals surface area contributed by atoms with Crippen LogP contribution in [0.3, 0.4) is 0 Å². The Morgan fingerprint density at radius 1 is 1.05 bits per heavy atom. The van der Waals surface area contributed by atoms with Crippen LogP contribution >= 0.6 is 0 Å². The lowest BCUT2D eigenvalue weighted by Gasteiger charge is -2.38.